The van der Waals surface area contributed by atoms with Crippen LogP contribution in [0, 0.1) is 0 Å². The number of nitrogens with zero attached hydrogens (tertiary/aromatic N) is 4. The molecule has 2 atom stereocenters. The average Bonchev–Trinajstić information content (AvgIpc) is 2.86. The van der Waals surface area contributed by atoms with E-state index in [4.69, 9.17) is 0 Å². The lowest BCUT2D eigenvalue weighted by Crippen LogP contribution is -2.49. The number of nitrogens with one attached hydrogen (secondary N) is 1. The van der Waals surface area contributed by atoms with E-state index in [2.05, 4.69) is 39.1 Å². The van der Waals surface area contributed by atoms with Crippen molar-refractivity contribution in [3.63, 3.8) is 0 Å². The number of likely N-dealkylation sites (tertiary alicyclic amines) is 1. The second-order valence-corrected chi connectivity index (χ2v) is 5.87. The van der Waals surface area contributed by atoms with Crippen molar-refractivity contribution < 1.29 is 0 Å². The van der Waals surface area contributed by atoms with Gasteiger partial charge >= 0.3 is 0 Å². The topological polar surface area (TPSA) is 44.3 Å². The maximum atomic E-state index is 4.57. The average molecular weight is 261 g/mol. The molecule has 0 aromatic carbocycles. The van der Waals surface area contributed by atoms with Crippen LogP contribution < -0.4 is 10.2 Å². The molecule has 5 nitrogen and oxygen atoms in total. The standard InChI is InChI=1S/C14H23N5/c1-11-9-19(6-4-15-11)14-16-7-13(8-17-14)12-3-5-18(2)10-12/h7-8,11-12,15H,3-6,9-10H2,1-2H3. The van der Waals surface area contributed by atoms with Crippen molar-refractivity contribution in [2.45, 2.75) is 25.3 Å². The van der Waals surface area contributed by atoms with Gasteiger partial charge in [0, 0.05) is 50.5 Å². The lowest BCUT2D eigenvalue weighted by atomic mass is 10.0. The molecular formula is C14H23N5. The van der Waals surface area contributed by atoms with Gasteiger partial charge in [-0.15, -0.1) is 0 Å². The van der Waals surface area contributed by atoms with Crippen LogP contribution in [0.25, 0.3) is 0 Å². The number of likely N-dealkylation sites (N-methyl/N-ethyl adjacent to an activating group) is 1. The first-order valence-corrected chi connectivity index (χ1v) is 7.21. The fraction of sp³-hybridized carbons (Fsp3) is 0.714. The second-order valence-electron chi connectivity index (χ2n) is 5.87. The van der Waals surface area contributed by atoms with E-state index in [1.807, 2.05) is 12.4 Å². The zero-order chi connectivity index (χ0) is 13.2. The highest BCUT2D eigenvalue weighted by Crippen LogP contribution is 2.25. The molecule has 2 unspecified atom stereocenters. The minimum absolute atomic E-state index is 0.514. The zero-order valence-electron chi connectivity index (χ0n) is 11.8. The summed E-state index contributed by atoms with van der Waals surface area (Å²) in [4.78, 5) is 13.8. The van der Waals surface area contributed by atoms with Gasteiger partial charge in [0.1, 0.15) is 0 Å². The van der Waals surface area contributed by atoms with Gasteiger partial charge in [0.2, 0.25) is 5.95 Å². The molecule has 2 fully saturated rings. The number of aromatic nitrogens is 2. The van der Waals surface area contributed by atoms with Gasteiger partial charge in [0.05, 0.1) is 0 Å². The van der Waals surface area contributed by atoms with Crippen molar-refractivity contribution in [2.75, 3.05) is 44.7 Å². The van der Waals surface area contributed by atoms with Gasteiger partial charge in [-0.25, -0.2) is 9.97 Å². The molecule has 104 valence electrons. The van der Waals surface area contributed by atoms with Gasteiger partial charge in [0.15, 0.2) is 0 Å². The molecule has 0 bridgehead atoms. The molecule has 1 aromatic rings. The highest BCUT2D eigenvalue weighted by molar-refractivity contribution is 5.32. The van der Waals surface area contributed by atoms with Crippen LogP contribution >= 0.6 is 0 Å². The van der Waals surface area contributed by atoms with Crippen LogP contribution in [0.3, 0.4) is 0 Å². The van der Waals surface area contributed by atoms with Gasteiger partial charge in [-0.05, 0) is 32.5 Å². The Kier molecular flexibility index (Phi) is 3.66. The lowest BCUT2D eigenvalue weighted by molar-refractivity contribution is 0.411. The fourth-order valence-electron chi connectivity index (χ4n) is 3.03. The lowest BCUT2D eigenvalue weighted by Gasteiger charge is -2.31. The highest BCUT2D eigenvalue weighted by atomic mass is 15.3. The molecule has 2 saturated heterocycles. The van der Waals surface area contributed by atoms with Crippen molar-refractivity contribution >= 4 is 5.95 Å². The third kappa shape index (κ3) is 2.87. The summed E-state index contributed by atoms with van der Waals surface area (Å²) in [5.41, 5.74) is 1.29. The Bertz CT molecular complexity index is 418. The van der Waals surface area contributed by atoms with Gasteiger partial charge in [-0.2, -0.15) is 0 Å². The smallest absolute Gasteiger partial charge is 0.225 e. The van der Waals surface area contributed by atoms with Crippen LogP contribution in [0.2, 0.25) is 0 Å². The van der Waals surface area contributed by atoms with Crippen LogP contribution in [0.4, 0.5) is 5.95 Å². The molecule has 3 rings (SSSR count). The molecule has 0 spiro atoms. The molecule has 5 heteroatoms. The first-order chi connectivity index (χ1) is 9.22. The van der Waals surface area contributed by atoms with Crippen LogP contribution in [-0.2, 0) is 0 Å². The van der Waals surface area contributed by atoms with Crippen LogP contribution in [0.15, 0.2) is 12.4 Å². The number of hydrogen-bond acceptors (Lipinski definition) is 5. The Morgan fingerprint density at radius 3 is 2.63 bits per heavy atom. The molecule has 19 heavy (non-hydrogen) atoms. The number of rotatable bonds is 2. The molecule has 1 N–H and O–H groups in total. The first kappa shape index (κ1) is 12.8. The van der Waals surface area contributed by atoms with E-state index < -0.39 is 0 Å². The van der Waals surface area contributed by atoms with Crippen molar-refractivity contribution in [1.82, 2.24) is 20.2 Å². The van der Waals surface area contributed by atoms with Crippen LogP contribution in [-0.4, -0.2) is 60.7 Å². The van der Waals surface area contributed by atoms with Crippen LogP contribution in [0.5, 0.6) is 0 Å². The SMILES string of the molecule is CC1CN(c2ncc(C3CCN(C)C3)cn2)CCN1. The Morgan fingerprint density at radius 2 is 2.00 bits per heavy atom. The summed E-state index contributed by atoms with van der Waals surface area (Å²) in [6.07, 6.45) is 5.28. The molecular weight excluding hydrogens is 238 g/mol. The quantitative estimate of drug-likeness (QED) is 0.849. The fourth-order valence-corrected chi connectivity index (χ4v) is 3.03. The van der Waals surface area contributed by atoms with E-state index in [0.29, 0.717) is 12.0 Å². The van der Waals surface area contributed by atoms with E-state index in [1.54, 1.807) is 0 Å². The molecule has 2 aliphatic rings. The number of anilines is 1. The van der Waals surface area contributed by atoms with Crippen molar-refractivity contribution in [2.24, 2.45) is 0 Å². The van der Waals surface area contributed by atoms with E-state index in [1.165, 1.54) is 18.5 Å². The van der Waals surface area contributed by atoms with Crippen molar-refractivity contribution in [3.8, 4) is 0 Å². The van der Waals surface area contributed by atoms with Crippen molar-refractivity contribution in [3.05, 3.63) is 18.0 Å². The molecule has 0 aliphatic carbocycles. The summed E-state index contributed by atoms with van der Waals surface area (Å²) in [6.45, 7) is 7.52. The van der Waals surface area contributed by atoms with E-state index in [0.717, 1.165) is 32.1 Å². The Hall–Kier alpha value is -1.20. The molecule has 0 saturated carbocycles. The largest absolute Gasteiger partial charge is 0.338 e. The zero-order valence-corrected chi connectivity index (χ0v) is 11.8. The molecule has 0 amide bonds. The summed E-state index contributed by atoms with van der Waals surface area (Å²) >= 11 is 0. The van der Waals surface area contributed by atoms with Gasteiger partial charge in [-0.3, -0.25) is 0 Å². The monoisotopic (exact) mass is 261 g/mol. The maximum Gasteiger partial charge on any atom is 0.225 e. The van der Waals surface area contributed by atoms with Gasteiger partial charge in [-0.1, -0.05) is 0 Å². The predicted molar refractivity (Wildman–Crippen MR) is 76.6 cm³/mol. The third-order valence-electron chi connectivity index (χ3n) is 4.17. The Labute approximate surface area is 115 Å². The molecule has 0 radical (unpaired) electrons. The number of hydrogen-bond donors (Lipinski definition) is 1. The van der Waals surface area contributed by atoms with E-state index >= 15 is 0 Å². The minimum Gasteiger partial charge on any atom is -0.338 e. The second kappa shape index (κ2) is 5.43. The van der Waals surface area contributed by atoms with Crippen LogP contribution in [0.1, 0.15) is 24.8 Å². The van der Waals surface area contributed by atoms with E-state index in [-0.39, 0.29) is 0 Å². The summed E-state index contributed by atoms with van der Waals surface area (Å²) in [6, 6.07) is 0.514. The molecule has 1 aromatic heterocycles. The van der Waals surface area contributed by atoms with Crippen molar-refractivity contribution in [1.29, 1.82) is 0 Å². The maximum absolute atomic E-state index is 4.57. The Balaban J connectivity index is 1.68. The Morgan fingerprint density at radius 1 is 1.21 bits per heavy atom. The highest BCUT2D eigenvalue weighted by Gasteiger charge is 2.22. The number of piperazine rings is 1. The summed E-state index contributed by atoms with van der Waals surface area (Å²) in [7, 11) is 2.18. The summed E-state index contributed by atoms with van der Waals surface area (Å²) in [5, 5.41) is 3.44. The van der Waals surface area contributed by atoms with Gasteiger partial charge in [0.25, 0.3) is 0 Å². The normalized spacial score (nSPS) is 28.8. The molecule has 2 aliphatic heterocycles. The van der Waals surface area contributed by atoms with E-state index in [9.17, 15) is 0 Å². The minimum atomic E-state index is 0.514. The summed E-state index contributed by atoms with van der Waals surface area (Å²) in [5.74, 6) is 1.49. The first-order valence-electron chi connectivity index (χ1n) is 7.21. The third-order valence-corrected chi connectivity index (χ3v) is 4.17. The summed E-state index contributed by atoms with van der Waals surface area (Å²) < 4.78 is 0. The predicted octanol–water partition coefficient (Wildman–Crippen LogP) is 0.694. The molecule has 3 heterocycles. The van der Waals surface area contributed by atoms with Gasteiger partial charge < -0.3 is 15.1 Å².